The molecule has 1 rings (SSSR count). The first kappa shape index (κ1) is 20.1. The van der Waals surface area contributed by atoms with Gasteiger partial charge in [-0.1, -0.05) is 26.8 Å². The number of nitrogens with zero attached hydrogens (tertiary/aromatic N) is 2. The maximum Gasteiger partial charge on any atom is 0.271 e. The normalized spacial score (nSPS) is 11.6. The Morgan fingerprint density at radius 1 is 1.38 bits per heavy atom. The van der Waals surface area contributed by atoms with Crippen LogP contribution in [0.5, 0.6) is 0 Å². The van der Waals surface area contributed by atoms with Crippen LogP contribution >= 0.6 is 0 Å². The lowest BCUT2D eigenvalue weighted by Crippen LogP contribution is -2.39. The van der Waals surface area contributed by atoms with Gasteiger partial charge in [-0.05, 0) is 24.3 Å². The number of carbonyl (C=O) groups is 1. The molecule has 0 unspecified atom stereocenters. The first-order chi connectivity index (χ1) is 11.1. The van der Waals surface area contributed by atoms with Crippen molar-refractivity contribution >= 4 is 17.3 Å². The lowest BCUT2D eigenvalue weighted by molar-refractivity contribution is -0.384. The minimum Gasteiger partial charge on any atom is -0.396 e. The minimum atomic E-state index is -0.484. The van der Waals surface area contributed by atoms with Crippen LogP contribution in [0.1, 0.15) is 32.8 Å². The molecule has 0 aliphatic carbocycles. The van der Waals surface area contributed by atoms with Crippen molar-refractivity contribution in [2.24, 2.45) is 5.41 Å². The first-order valence-electron chi connectivity index (χ1n) is 8.00. The van der Waals surface area contributed by atoms with Gasteiger partial charge in [0.05, 0.1) is 17.2 Å². The maximum atomic E-state index is 12.3. The van der Waals surface area contributed by atoms with Crippen LogP contribution in [0.15, 0.2) is 18.2 Å². The summed E-state index contributed by atoms with van der Waals surface area (Å²) in [4.78, 5) is 24.7. The van der Waals surface area contributed by atoms with Crippen LogP contribution in [0.3, 0.4) is 0 Å². The van der Waals surface area contributed by atoms with Gasteiger partial charge in [0.15, 0.2) is 0 Å². The molecular weight excluding hydrogens is 310 g/mol. The molecule has 1 aromatic rings. The number of nitro groups is 1. The number of aryl methyl sites for hydroxylation is 1. The van der Waals surface area contributed by atoms with Crippen LogP contribution in [0.2, 0.25) is 0 Å². The van der Waals surface area contributed by atoms with Gasteiger partial charge in [0.1, 0.15) is 0 Å². The van der Waals surface area contributed by atoms with Gasteiger partial charge in [0.25, 0.3) is 5.69 Å². The SMILES string of the molecule is Cc1ccc([N+](=O)[O-])cc1NC(=O)CN(CCCO)CC(C)(C)C. The smallest absolute Gasteiger partial charge is 0.271 e. The predicted molar refractivity (Wildman–Crippen MR) is 94.1 cm³/mol. The lowest BCUT2D eigenvalue weighted by atomic mass is 9.96. The van der Waals surface area contributed by atoms with Gasteiger partial charge >= 0.3 is 0 Å². The first-order valence-corrected chi connectivity index (χ1v) is 8.00. The number of non-ortho nitro benzene ring substituents is 1. The maximum absolute atomic E-state index is 12.3. The molecule has 1 aromatic carbocycles. The van der Waals surface area contributed by atoms with E-state index < -0.39 is 4.92 Å². The van der Waals surface area contributed by atoms with Crippen LogP contribution in [-0.2, 0) is 4.79 Å². The fraction of sp³-hybridized carbons (Fsp3) is 0.588. The molecule has 1 amide bonds. The Kier molecular flexibility index (Phi) is 7.31. The summed E-state index contributed by atoms with van der Waals surface area (Å²) in [6.45, 7) is 9.64. The number of aliphatic hydroxyl groups is 1. The molecule has 7 nitrogen and oxygen atoms in total. The summed E-state index contributed by atoms with van der Waals surface area (Å²) in [5.41, 5.74) is 1.19. The van der Waals surface area contributed by atoms with Crippen LogP contribution in [-0.4, -0.2) is 47.1 Å². The summed E-state index contributed by atoms with van der Waals surface area (Å²) < 4.78 is 0. The van der Waals surface area contributed by atoms with Crippen molar-refractivity contribution in [1.82, 2.24) is 4.90 Å². The molecular formula is C17H27N3O4. The van der Waals surface area contributed by atoms with Crippen molar-refractivity contribution in [3.63, 3.8) is 0 Å². The molecule has 0 fully saturated rings. The lowest BCUT2D eigenvalue weighted by Gasteiger charge is -2.29. The average molecular weight is 337 g/mol. The molecule has 0 radical (unpaired) electrons. The van der Waals surface area contributed by atoms with Crippen LogP contribution in [0.4, 0.5) is 11.4 Å². The summed E-state index contributed by atoms with van der Waals surface area (Å²) in [6.07, 6.45) is 0.596. The van der Waals surface area contributed by atoms with Gasteiger partial charge in [0.2, 0.25) is 5.91 Å². The summed E-state index contributed by atoms with van der Waals surface area (Å²) in [6, 6.07) is 4.40. The highest BCUT2D eigenvalue weighted by molar-refractivity contribution is 5.93. The third-order valence-electron chi connectivity index (χ3n) is 3.40. The van der Waals surface area contributed by atoms with Gasteiger partial charge in [-0.25, -0.2) is 0 Å². The van der Waals surface area contributed by atoms with Gasteiger partial charge in [-0.2, -0.15) is 0 Å². The standard InChI is InChI=1S/C17H27N3O4/c1-13-6-7-14(20(23)24)10-15(13)18-16(22)11-19(8-5-9-21)12-17(2,3)4/h6-7,10,21H,5,8-9,11-12H2,1-4H3,(H,18,22). The fourth-order valence-electron chi connectivity index (χ4n) is 2.43. The molecule has 24 heavy (non-hydrogen) atoms. The molecule has 0 saturated carbocycles. The molecule has 134 valence electrons. The Morgan fingerprint density at radius 3 is 2.58 bits per heavy atom. The number of carbonyl (C=O) groups excluding carboxylic acids is 1. The zero-order chi connectivity index (χ0) is 18.3. The molecule has 0 saturated heterocycles. The molecule has 0 aliphatic heterocycles. The molecule has 7 heteroatoms. The van der Waals surface area contributed by atoms with Crippen molar-refractivity contribution in [2.75, 3.05) is 31.6 Å². The second kappa shape index (κ2) is 8.75. The van der Waals surface area contributed by atoms with E-state index in [1.165, 1.54) is 12.1 Å². The molecule has 0 heterocycles. The Morgan fingerprint density at radius 2 is 2.04 bits per heavy atom. The number of nitro benzene ring substituents is 1. The Bertz CT molecular complexity index is 582. The van der Waals surface area contributed by atoms with E-state index in [0.717, 1.165) is 5.56 Å². The highest BCUT2D eigenvalue weighted by atomic mass is 16.6. The second-order valence-corrected chi connectivity index (χ2v) is 7.15. The van der Waals surface area contributed by atoms with Crippen molar-refractivity contribution in [3.05, 3.63) is 33.9 Å². The van der Waals surface area contributed by atoms with E-state index in [2.05, 4.69) is 26.1 Å². The van der Waals surface area contributed by atoms with Crippen molar-refractivity contribution < 1.29 is 14.8 Å². The molecule has 0 spiro atoms. The summed E-state index contributed by atoms with van der Waals surface area (Å²) >= 11 is 0. The van der Waals surface area contributed by atoms with Crippen molar-refractivity contribution in [1.29, 1.82) is 0 Å². The number of aliphatic hydroxyl groups excluding tert-OH is 1. The average Bonchev–Trinajstić information content (AvgIpc) is 2.45. The van der Waals surface area contributed by atoms with E-state index in [9.17, 15) is 14.9 Å². The van der Waals surface area contributed by atoms with E-state index in [1.807, 2.05) is 4.90 Å². The monoisotopic (exact) mass is 337 g/mol. The van der Waals surface area contributed by atoms with Gasteiger partial charge < -0.3 is 10.4 Å². The van der Waals surface area contributed by atoms with Crippen LogP contribution in [0.25, 0.3) is 0 Å². The third kappa shape index (κ3) is 7.06. The minimum absolute atomic E-state index is 0.0250. The summed E-state index contributed by atoms with van der Waals surface area (Å²) in [7, 11) is 0. The molecule has 0 aliphatic rings. The summed E-state index contributed by atoms with van der Waals surface area (Å²) in [5.74, 6) is -0.221. The number of hydrogen-bond donors (Lipinski definition) is 2. The highest BCUT2D eigenvalue weighted by Gasteiger charge is 2.19. The Balaban J connectivity index is 2.78. The second-order valence-electron chi connectivity index (χ2n) is 7.15. The Labute approximate surface area is 142 Å². The van der Waals surface area contributed by atoms with E-state index >= 15 is 0 Å². The molecule has 0 aromatic heterocycles. The quantitative estimate of drug-likeness (QED) is 0.561. The molecule has 0 bridgehead atoms. The summed E-state index contributed by atoms with van der Waals surface area (Å²) in [5, 5.41) is 22.6. The van der Waals surface area contributed by atoms with E-state index in [1.54, 1.807) is 13.0 Å². The van der Waals surface area contributed by atoms with Gasteiger partial charge in [-0.3, -0.25) is 19.8 Å². The fourth-order valence-corrected chi connectivity index (χ4v) is 2.43. The van der Waals surface area contributed by atoms with Crippen molar-refractivity contribution in [3.8, 4) is 0 Å². The topological polar surface area (TPSA) is 95.7 Å². The van der Waals surface area contributed by atoms with Crippen LogP contribution < -0.4 is 5.32 Å². The zero-order valence-electron chi connectivity index (χ0n) is 14.8. The van der Waals surface area contributed by atoms with E-state index in [4.69, 9.17) is 5.11 Å². The number of benzene rings is 1. The third-order valence-corrected chi connectivity index (χ3v) is 3.40. The predicted octanol–water partition coefficient (Wildman–Crippen LogP) is 2.57. The number of hydrogen-bond acceptors (Lipinski definition) is 5. The molecule has 2 N–H and O–H groups in total. The number of anilines is 1. The van der Waals surface area contributed by atoms with E-state index in [0.29, 0.717) is 25.2 Å². The van der Waals surface area contributed by atoms with Crippen LogP contribution in [0, 0.1) is 22.5 Å². The molecule has 0 atom stereocenters. The van der Waals surface area contributed by atoms with Gasteiger partial charge in [0, 0.05) is 31.8 Å². The number of rotatable bonds is 8. The largest absolute Gasteiger partial charge is 0.396 e. The number of nitrogens with one attached hydrogen (secondary N) is 1. The highest BCUT2D eigenvalue weighted by Crippen LogP contribution is 2.22. The number of amides is 1. The van der Waals surface area contributed by atoms with Crippen molar-refractivity contribution in [2.45, 2.75) is 34.1 Å². The van der Waals surface area contributed by atoms with E-state index in [-0.39, 0.29) is 30.2 Å². The Hall–Kier alpha value is -1.99. The van der Waals surface area contributed by atoms with Gasteiger partial charge in [-0.15, -0.1) is 0 Å². The zero-order valence-corrected chi connectivity index (χ0v) is 14.8.